The van der Waals surface area contributed by atoms with Crippen LogP contribution in [0.1, 0.15) is 46.6 Å². The van der Waals surface area contributed by atoms with Gasteiger partial charge in [0.05, 0.1) is 12.2 Å². The summed E-state index contributed by atoms with van der Waals surface area (Å²) in [5.74, 6) is 0.605. The fourth-order valence-corrected chi connectivity index (χ4v) is 2.46. The minimum Gasteiger partial charge on any atom is -0.376 e. The Morgan fingerprint density at radius 1 is 1.25 bits per heavy atom. The molecule has 1 nitrogen and oxygen atoms in total. The molecule has 1 aliphatic rings. The highest BCUT2D eigenvalue weighted by Gasteiger charge is 2.43. The first-order chi connectivity index (χ1) is 9.29. The molecule has 108 valence electrons. The lowest BCUT2D eigenvalue weighted by atomic mass is 9.59. The largest absolute Gasteiger partial charge is 0.376 e. The Kier molecular flexibility index (Phi) is 4.22. The average Bonchev–Trinajstić information content (AvgIpc) is 2.36. The van der Waals surface area contributed by atoms with Crippen molar-refractivity contribution in [3.8, 4) is 0 Å². The molecular formula is C19H26O. The highest BCUT2D eigenvalue weighted by Crippen LogP contribution is 2.50. The third-order valence-corrected chi connectivity index (χ3v) is 4.18. The van der Waals surface area contributed by atoms with Crippen LogP contribution in [0.15, 0.2) is 41.6 Å². The molecule has 1 aromatic carbocycles. The second-order valence-corrected chi connectivity index (χ2v) is 7.22. The van der Waals surface area contributed by atoms with Crippen LogP contribution in [0, 0.1) is 11.3 Å². The van der Waals surface area contributed by atoms with E-state index in [1.807, 2.05) is 6.07 Å². The number of rotatable bonds is 3. The summed E-state index contributed by atoms with van der Waals surface area (Å²) in [6, 6.07) is 10.4. The molecule has 0 N–H and O–H groups in total. The van der Waals surface area contributed by atoms with Gasteiger partial charge in [-0.15, -0.1) is 5.73 Å². The number of hydrogen-bond donors (Lipinski definition) is 0. The van der Waals surface area contributed by atoms with E-state index in [9.17, 15) is 0 Å². The zero-order valence-corrected chi connectivity index (χ0v) is 13.4. The lowest BCUT2D eigenvalue weighted by molar-refractivity contribution is -0.0545. The Balaban J connectivity index is 2.02. The molecule has 1 unspecified atom stereocenters. The second-order valence-electron chi connectivity index (χ2n) is 7.22. The molecule has 20 heavy (non-hydrogen) atoms. The van der Waals surface area contributed by atoms with E-state index in [1.54, 1.807) is 0 Å². The molecule has 0 bridgehead atoms. The minimum absolute atomic E-state index is 0.0462. The number of allylic oxidation sites excluding steroid dienone is 1. The summed E-state index contributed by atoms with van der Waals surface area (Å²) < 4.78 is 5.93. The summed E-state index contributed by atoms with van der Waals surface area (Å²) in [7, 11) is 0. The van der Waals surface area contributed by atoms with Gasteiger partial charge in [-0.05, 0) is 55.7 Å². The van der Waals surface area contributed by atoms with Crippen molar-refractivity contribution >= 4 is 6.08 Å². The fraction of sp³-hybridized carbons (Fsp3) is 0.526. The van der Waals surface area contributed by atoms with E-state index in [0.717, 1.165) is 13.0 Å². The van der Waals surface area contributed by atoms with E-state index in [0.29, 0.717) is 5.92 Å². The Bertz CT molecular complexity index is 510. The molecule has 0 aromatic heterocycles. The summed E-state index contributed by atoms with van der Waals surface area (Å²) in [5.41, 5.74) is 6.27. The standard InChI is InChI=1S/C19H26O/c1-18(2,3)20-14-17-13-16(19(17,4)5)12-11-15-9-7-6-8-10-15/h6-11,17H,13-14H2,1-5H3. The quantitative estimate of drug-likeness (QED) is 0.695. The lowest BCUT2D eigenvalue weighted by Gasteiger charge is -2.47. The summed E-state index contributed by atoms with van der Waals surface area (Å²) in [5, 5.41) is 0. The molecule has 0 amide bonds. The normalized spacial score (nSPS) is 21.1. The molecule has 0 aliphatic heterocycles. The Morgan fingerprint density at radius 3 is 2.45 bits per heavy atom. The summed E-state index contributed by atoms with van der Waals surface area (Å²) in [6.07, 6.45) is 3.20. The van der Waals surface area contributed by atoms with Crippen molar-refractivity contribution in [2.45, 2.75) is 46.6 Å². The molecule has 1 saturated carbocycles. The zero-order valence-electron chi connectivity index (χ0n) is 13.4. The van der Waals surface area contributed by atoms with Gasteiger partial charge in [-0.2, -0.15) is 0 Å². The SMILES string of the molecule is CC(C)(C)OCC1CC(=C=Cc2ccccc2)C1(C)C. The highest BCUT2D eigenvalue weighted by atomic mass is 16.5. The van der Waals surface area contributed by atoms with Crippen molar-refractivity contribution in [2.75, 3.05) is 6.61 Å². The van der Waals surface area contributed by atoms with Crippen molar-refractivity contribution in [3.63, 3.8) is 0 Å². The van der Waals surface area contributed by atoms with Gasteiger partial charge in [0, 0.05) is 0 Å². The van der Waals surface area contributed by atoms with Crippen molar-refractivity contribution in [3.05, 3.63) is 47.2 Å². The molecule has 1 atom stereocenters. The monoisotopic (exact) mass is 270 g/mol. The number of ether oxygens (including phenoxy) is 1. The zero-order chi connectivity index (χ0) is 14.8. The number of hydrogen-bond acceptors (Lipinski definition) is 1. The first-order valence-electron chi connectivity index (χ1n) is 7.44. The van der Waals surface area contributed by atoms with E-state index >= 15 is 0 Å². The van der Waals surface area contributed by atoms with Crippen LogP contribution in [-0.4, -0.2) is 12.2 Å². The van der Waals surface area contributed by atoms with Crippen LogP contribution in [-0.2, 0) is 4.74 Å². The Labute approximate surface area is 123 Å². The van der Waals surface area contributed by atoms with Crippen LogP contribution in [0.4, 0.5) is 0 Å². The van der Waals surface area contributed by atoms with Crippen molar-refractivity contribution < 1.29 is 4.74 Å². The van der Waals surface area contributed by atoms with Crippen LogP contribution in [0.25, 0.3) is 6.08 Å². The van der Waals surface area contributed by atoms with Gasteiger partial charge in [-0.1, -0.05) is 44.2 Å². The maximum absolute atomic E-state index is 5.93. The van der Waals surface area contributed by atoms with Crippen molar-refractivity contribution in [1.29, 1.82) is 0 Å². The van der Waals surface area contributed by atoms with E-state index in [-0.39, 0.29) is 11.0 Å². The number of benzene rings is 1. The Hall–Kier alpha value is -1.30. The first-order valence-corrected chi connectivity index (χ1v) is 7.44. The van der Waals surface area contributed by atoms with Gasteiger partial charge in [0.25, 0.3) is 0 Å². The summed E-state index contributed by atoms with van der Waals surface area (Å²) in [6.45, 7) is 11.8. The molecule has 0 radical (unpaired) electrons. The fourth-order valence-electron chi connectivity index (χ4n) is 2.46. The van der Waals surface area contributed by atoms with Gasteiger partial charge < -0.3 is 4.74 Å². The lowest BCUT2D eigenvalue weighted by Crippen LogP contribution is -2.41. The van der Waals surface area contributed by atoms with Crippen LogP contribution < -0.4 is 0 Å². The highest BCUT2D eigenvalue weighted by molar-refractivity contribution is 5.50. The predicted molar refractivity (Wildman–Crippen MR) is 85.5 cm³/mol. The van der Waals surface area contributed by atoms with Gasteiger partial charge in [-0.3, -0.25) is 0 Å². The van der Waals surface area contributed by atoms with Crippen LogP contribution in [0.2, 0.25) is 0 Å². The molecule has 0 spiro atoms. The van der Waals surface area contributed by atoms with Crippen LogP contribution in [0.5, 0.6) is 0 Å². The summed E-state index contributed by atoms with van der Waals surface area (Å²) >= 11 is 0. The molecule has 0 heterocycles. The molecule has 2 rings (SSSR count). The van der Waals surface area contributed by atoms with E-state index in [1.165, 1.54) is 11.1 Å². The molecule has 1 aliphatic carbocycles. The second kappa shape index (κ2) is 5.60. The van der Waals surface area contributed by atoms with E-state index in [2.05, 4.69) is 70.7 Å². The van der Waals surface area contributed by atoms with Crippen molar-refractivity contribution in [1.82, 2.24) is 0 Å². The average molecular weight is 270 g/mol. The van der Waals surface area contributed by atoms with Crippen LogP contribution in [0.3, 0.4) is 0 Å². The molecule has 1 heteroatoms. The Morgan fingerprint density at radius 2 is 1.90 bits per heavy atom. The smallest absolute Gasteiger partial charge is 0.0598 e. The molecule has 1 aromatic rings. The van der Waals surface area contributed by atoms with E-state index in [4.69, 9.17) is 4.74 Å². The predicted octanol–water partition coefficient (Wildman–Crippen LogP) is 5.09. The van der Waals surface area contributed by atoms with Gasteiger partial charge in [0.1, 0.15) is 0 Å². The molecular weight excluding hydrogens is 244 g/mol. The summed E-state index contributed by atoms with van der Waals surface area (Å²) in [4.78, 5) is 0. The van der Waals surface area contributed by atoms with Gasteiger partial charge in [-0.25, -0.2) is 0 Å². The topological polar surface area (TPSA) is 9.23 Å². The van der Waals surface area contributed by atoms with Crippen molar-refractivity contribution in [2.24, 2.45) is 11.3 Å². The van der Waals surface area contributed by atoms with Gasteiger partial charge in [0.15, 0.2) is 0 Å². The first kappa shape index (κ1) is 15.1. The maximum atomic E-state index is 5.93. The molecule has 1 fully saturated rings. The van der Waals surface area contributed by atoms with Crippen LogP contribution >= 0.6 is 0 Å². The van der Waals surface area contributed by atoms with Gasteiger partial charge >= 0.3 is 0 Å². The molecule has 0 saturated heterocycles. The van der Waals surface area contributed by atoms with Gasteiger partial charge in [0.2, 0.25) is 0 Å². The van der Waals surface area contributed by atoms with E-state index < -0.39 is 0 Å². The maximum Gasteiger partial charge on any atom is 0.0598 e. The third kappa shape index (κ3) is 3.62. The third-order valence-electron chi connectivity index (χ3n) is 4.18. The minimum atomic E-state index is -0.0462.